The number of ether oxygens (including phenoxy) is 1. The molecule has 0 spiro atoms. The number of hydrogen-bond donors (Lipinski definition) is 1. The van der Waals surface area contributed by atoms with Crippen LogP contribution in [0.1, 0.15) is 26.3 Å². The van der Waals surface area contributed by atoms with Crippen molar-refractivity contribution in [1.29, 1.82) is 0 Å². The zero-order valence-electron chi connectivity index (χ0n) is 16.7. The number of halogens is 3. The number of carbonyl (C=O) groups excluding carboxylic acids is 2. The maximum atomic E-state index is 14.2. The van der Waals surface area contributed by atoms with E-state index >= 15 is 0 Å². The van der Waals surface area contributed by atoms with E-state index in [1.54, 1.807) is 43.9 Å². The molecule has 2 aromatic carbocycles. The summed E-state index contributed by atoms with van der Waals surface area (Å²) >= 11 is 10.5. The molecule has 0 aromatic heterocycles. The average molecular weight is 516 g/mol. The van der Waals surface area contributed by atoms with Gasteiger partial charge in [-0.3, -0.25) is 4.79 Å². The van der Waals surface area contributed by atoms with Crippen LogP contribution in [0.3, 0.4) is 0 Å². The van der Waals surface area contributed by atoms with Crippen LogP contribution in [-0.4, -0.2) is 29.4 Å². The minimum atomic E-state index is -0.827. The van der Waals surface area contributed by atoms with Crippen LogP contribution in [0.2, 0.25) is 5.02 Å². The molecule has 9 heteroatoms. The number of nitrogens with zero attached hydrogens (tertiary/aromatic N) is 1. The summed E-state index contributed by atoms with van der Waals surface area (Å²) in [6.07, 6.45) is -0.675. The van der Waals surface area contributed by atoms with E-state index in [0.29, 0.717) is 15.6 Å². The second-order valence-corrected chi connectivity index (χ2v) is 10.1. The van der Waals surface area contributed by atoms with Crippen LogP contribution in [0.25, 0.3) is 0 Å². The average Bonchev–Trinajstić information content (AvgIpc) is 2.75. The molecular formula is C21H21BrClFN2O3S. The van der Waals surface area contributed by atoms with E-state index in [0.717, 1.165) is 5.56 Å². The van der Waals surface area contributed by atoms with Crippen LogP contribution >= 0.6 is 39.3 Å². The van der Waals surface area contributed by atoms with Crippen molar-refractivity contribution in [1.82, 2.24) is 5.32 Å². The van der Waals surface area contributed by atoms with Gasteiger partial charge in [-0.15, -0.1) is 11.8 Å². The third kappa shape index (κ3) is 5.68. The molecular weight excluding hydrogens is 495 g/mol. The van der Waals surface area contributed by atoms with Crippen LogP contribution < -0.4 is 10.2 Å². The van der Waals surface area contributed by atoms with Crippen molar-refractivity contribution in [2.24, 2.45) is 0 Å². The Kier molecular flexibility index (Phi) is 6.99. The van der Waals surface area contributed by atoms with Crippen molar-refractivity contribution in [2.45, 2.75) is 43.9 Å². The van der Waals surface area contributed by atoms with Gasteiger partial charge >= 0.3 is 6.09 Å². The number of benzene rings is 2. The molecule has 0 radical (unpaired) electrons. The predicted octanol–water partition coefficient (Wildman–Crippen LogP) is 5.77. The molecule has 0 unspecified atom stereocenters. The second-order valence-electron chi connectivity index (χ2n) is 7.79. The van der Waals surface area contributed by atoms with E-state index in [1.807, 2.05) is 12.1 Å². The summed E-state index contributed by atoms with van der Waals surface area (Å²) in [5.41, 5.74) is 0.731. The third-order valence-corrected chi connectivity index (χ3v) is 6.20. The van der Waals surface area contributed by atoms with Gasteiger partial charge in [-0.05, 0) is 66.5 Å². The summed E-state index contributed by atoms with van der Waals surface area (Å²) in [7, 11) is 0. The molecule has 5 nitrogen and oxygen atoms in total. The van der Waals surface area contributed by atoms with Crippen LogP contribution in [0, 0.1) is 5.82 Å². The molecule has 2 amide bonds. The van der Waals surface area contributed by atoms with Gasteiger partial charge in [-0.25, -0.2) is 9.18 Å². The highest BCUT2D eigenvalue weighted by Gasteiger charge is 2.33. The van der Waals surface area contributed by atoms with Gasteiger partial charge in [0.25, 0.3) is 5.91 Å². The maximum absolute atomic E-state index is 14.2. The molecule has 0 aliphatic carbocycles. The smallest absolute Gasteiger partial charge is 0.408 e. The number of thioether (sulfide) groups is 1. The summed E-state index contributed by atoms with van der Waals surface area (Å²) in [4.78, 5) is 27.8. The molecule has 2 aromatic rings. The van der Waals surface area contributed by atoms with Gasteiger partial charge in [-0.2, -0.15) is 0 Å². The summed E-state index contributed by atoms with van der Waals surface area (Å²) < 4.78 is 19.7. The van der Waals surface area contributed by atoms with Crippen molar-refractivity contribution in [2.75, 3.05) is 10.7 Å². The Bertz CT molecular complexity index is 966. The van der Waals surface area contributed by atoms with Crippen LogP contribution in [0.4, 0.5) is 14.9 Å². The molecule has 3 rings (SSSR count). The van der Waals surface area contributed by atoms with Crippen molar-refractivity contribution in [3.63, 3.8) is 0 Å². The molecule has 0 saturated heterocycles. The molecule has 1 aliphatic rings. The normalized spacial score (nSPS) is 16.7. The van der Waals surface area contributed by atoms with Crippen molar-refractivity contribution >= 4 is 57.0 Å². The van der Waals surface area contributed by atoms with Crippen LogP contribution in [0.5, 0.6) is 0 Å². The standard InChI is InChI=1S/C21H21BrClFN2O3S/c1-21(2,3)29-20(28)25-16-11-30-18-9-15(24)14(22)8-17(18)26(19(16)27)10-12-4-6-13(23)7-5-12/h4-9,16H,10-11H2,1-3H3,(H,25,28)/t16-/m0/s1. The zero-order chi connectivity index (χ0) is 22.1. The number of rotatable bonds is 3. The van der Waals surface area contributed by atoms with E-state index in [1.165, 1.54) is 17.8 Å². The van der Waals surface area contributed by atoms with Gasteiger partial charge in [0, 0.05) is 15.7 Å². The van der Waals surface area contributed by atoms with Gasteiger partial charge in [0.15, 0.2) is 0 Å². The first-order valence-electron chi connectivity index (χ1n) is 9.20. The second kappa shape index (κ2) is 9.16. The van der Waals surface area contributed by atoms with Gasteiger partial charge < -0.3 is 15.0 Å². The lowest BCUT2D eigenvalue weighted by Gasteiger charge is -2.27. The first kappa shape index (κ1) is 22.9. The number of alkyl carbamates (subject to hydrolysis) is 1. The third-order valence-electron chi connectivity index (χ3n) is 4.21. The first-order chi connectivity index (χ1) is 14.0. The quantitative estimate of drug-likeness (QED) is 0.563. The van der Waals surface area contributed by atoms with Gasteiger partial charge in [0.2, 0.25) is 0 Å². The largest absolute Gasteiger partial charge is 0.444 e. The molecule has 1 N–H and O–H groups in total. The van der Waals surface area contributed by atoms with Crippen LogP contribution in [-0.2, 0) is 16.1 Å². The highest BCUT2D eigenvalue weighted by atomic mass is 79.9. The Labute approximate surface area is 192 Å². The molecule has 160 valence electrons. The van der Waals surface area contributed by atoms with E-state index in [-0.39, 0.29) is 22.7 Å². The Morgan fingerprint density at radius 3 is 2.63 bits per heavy atom. The Hall–Kier alpha value is -1.77. The maximum Gasteiger partial charge on any atom is 0.408 e. The Morgan fingerprint density at radius 1 is 1.33 bits per heavy atom. The first-order valence-corrected chi connectivity index (χ1v) is 11.4. The Balaban J connectivity index is 1.94. The fourth-order valence-corrected chi connectivity index (χ4v) is 4.42. The lowest BCUT2D eigenvalue weighted by atomic mass is 10.1. The molecule has 0 fully saturated rings. The van der Waals surface area contributed by atoms with Gasteiger partial charge in [0.1, 0.15) is 17.5 Å². The fraction of sp³-hybridized carbons (Fsp3) is 0.333. The van der Waals surface area contributed by atoms with Crippen molar-refractivity contribution < 1.29 is 18.7 Å². The summed E-state index contributed by atoms with van der Waals surface area (Å²) in [6.45, 7) is 5.49. The molecule has 1 atom stereocenters. The highest BCUT2D eigenvalue weighted by molar-refractivity contribution is 9.10. The fourth-order valence-electron chi connectivity index (χ4n) is 2.88. The van der Waals surface area contributed by atoms with Crippen molar-refractivity contribution in [3.05, 3.63) is 57.3 Å². The van der Waals surface area contributed by atoms with Gasteiger partial charge in [-0.1, -0.05) is 23.7 Å². The lowest BCUT2D eigenvalue weighted by Crippen LogP contribution is -2.50. The number of fused-ring (bicyclic) bond motifs is 1. The monoisotopic (exact) mass is 514 g/mol. The van der Waals surface area contributed by atoms with Gasteiger partial charge in [0.05, 0.1) is 16.7 Å². The summed E-state index contributed by atoms with van der Waals surface area (Å²) in [5, 5.41) is 3.24. The lowest BCUT2D eigenvalue weighted by molar-refractivity contribution is -0.120. The predicted molar refractivity (Wildman–Crippen MR) is 121 cm³/mol. The highest BCUT2D eigenvalue weighted by Crippen LogP contribution is 2.38. The topological polar surface area (TPSA) is 58.6 Å². The number of hydrogen-bond acceptors (Lipinski definition) is 4. The number of nitrogens with one attached hydrogen (secondary N) is 1. The Morgan fingerprint density at radius 2 is 2.00 bits per heavy atom. The molecule has 0 bridgehead atoms. The molecule has 30 heavy (non-hydrogen) atoms. The van der Waals surface area contributed by atoms with E-state index in [9.17, 15) is 14.0 Å². The van der Waals surface area contributed by atoms with E-state index in [2.05, 4.69) is 21.2 Å². The number of carbonyl (C=O) groups is 2. The van der Waals surface area contributed by atoms with Crippen LogP contribution in [0.15, 0.2) is 45.8 Å². The summed E-state index contributed by atoms with van der Waals surface area (Å²) in [6, 6.07) is 9.28. The van der Waals surface area contributed by atoms with E-state index in [4.69, 9.17) is 16.3 Å². The minimum absolute atomic E-state index is 0.244. The number of amides is 2. The zero-order valence-corrected chi connectivity index (χ0v) is 19.8. The summed E-state index contributed by atoms with van der Waals surface area (Å²) in [5.74, 6) is -0.470. The minimum Gasteiger partial charge on any atom is -0.444 e. The molecule has 1 heterocycles. The molecule has 0 saturated carbocycles. The molecule has 1 aliphatic heterocycles. The van der Waals surface area contributed by atoms with E-state index < -0.39 is 23.6 Å². The SMILES string of the molecule is CC(C)(C)OC(=O)N[C@H]1CSc2cc(F)c(Br)cc2N(Cc2ccc(Cl)cc2)C1=O. The number of anilines is 1. The van der Waals surface area contributed by atoms with Crippen molar-refractivity contribution in [3.8, 4) is 0 Å².